The fourth-order valence-corrected chi connectivity index (χ4v) is 5.46. The number of aromatic nitrogens is 1. The number of halogens is 2. The van der Waals surface area contributed by atoms with Crippen LogP contribution in [0.15, 0.2) is 71.9 Å². The SMILES string of the molecule is CCCSc1ncccc1C(=O)N1CCN(CCCOC(c2ccc(Cl)cc2)c2ccc(Cl)cc2)CC1. The van der Waals surface area contributed by atoms with Crippen molar-refractivity contribution in [2.75, 3.05) is 45.1 Å². The first-order valence-corrected chi connectivity index (χ1v) is 14.5. The van der Waals surface area contributed by atoms with Crippen LogP contribution in [0.1, 0.15) is 47.4 Å². The summed E-state index contributed by atoms with van der Waals surface area (Å²) in [5.74, 6) is 1.05. The van der Waals surface area contributed by atoms with Crippen LogP contribution in [0.25, 0.3) is 0 Å². The third kappa shape index (κ3) is 7.95. The van der Waals surface area contributed by atoms with Gasteiger partial charge in [0.15, 0.2) is 0 Å². The summed E-state index contributed by atoms with van der Waals surface area (Å²) in [6.07, 6.45) is 3.55. The number of piperazine rings is 1. The van der Waals surface area contributed by atoms with E-state index in [1.165, 1.54) is 0 Å². The van der Waals surface area contributed by atoms with Crippen molar-refractivity contribution in [1.82, 2.24) is 14.8 Å². The van der Waals surface area contributed by atoms with Gasteiger partial charge >= 0.3 is 0 Å². The van der Waals surface area contributed by atoms with Gasteiger partial charge in [-0.25, -0.2) is 4.98 Å². The predicted molar refractivity (Wildman–Crippen MR) is 153 cm³/mol. The molecule has 1 fully saturated rings. The standard InChI is InChI=1S/C29H33Cl2N3O2S/c1-2-21-37-28-26(5-3-14-32-28)29(35)34-18-16-33(17-19-34)15-4-20-36-27(22-6-10-24(30)11-7-22)23-8-12-25(31)13-9-23/h3,5-14,27H,2,4,15-21H2,1H3. The summed E-state index contributed by atoms with van der Waals surface area (Å²) in [6, 6.07) is 19.3. The Balaban J connectivity index is 1.26. The van der Waals surface area contributed by atoms with E-state index in [0.29, 0.717) is 16.7 Å². The molecule has 1 amide bonds. The fourth-order valence-electron chi connectivity index (χ4n) is 4.36. The Morgan fingerprint density at radius 1 is 0.973 bits per heavy atom. The van der Waals surface area contributed by atoms with Gasteiger partial charge in [-0.15, -0.1) is 11.8 Å². The zero-order valence-electron chi connectivity index (χ0n) is 21.1. The van der Waals surface area contributed by atoms with Gasteiger partial charge in [-0.2, -0.15) is 0 Å². The van der Waals surface area contributed by atoms with Crippen LogP contribution in [-0.2, 0) is 4.74 Å². The number of nitrogens with zero attached hydrogens (tertiary/aromatic N) is 3. The van der Waals surface area contributed by atoms with E-state index in [2.05, 4.69) is 16.8 Å². The summed E-state index contributed by atoms with van der Waals surface area (Å²) in [5.41, 5.74) is 2.84. The van der Waals surface area contributed by atoms with E-state index in [9.17, 15) is 4.79 Å². The monoisotopic (exact) mass is 557 g/mol. The van der Waals surface area contributed by atoms with Crippen LogP contribution in [0, 0.1) is 0 Å². The maximum atomic E-state index is 13.2. The van der Waals surface area contributed by atoms with Crippen molar-refractivity contribution in [3.63, 3.8) is 0 Å². The minimum absolute atomic E-state index is 0.0865. The van der Waals surface area contributed by atoms with Gasteiger partial charge < -0.3 is 9.64 Å². The van der Waals surface area contributed by atoms with Crippen LogP contribution >= 0.6 is 35.0 Å². The molecular formula is C29H33Cl2N3O2S. The minimum atomic E-state index is -0.178. The van der Waals surface area contributed by atoms with Crippen molar-refractivity contribution >= 4 is 40.9 Å². The van der Waals surface area contributed by atoms with Gasteiger partial charge in [0.25, 0.3) is 5.91 Å². The van der Waals surface area contributed by atoms with Crippen molar-refractivity contribution in [3.05, 3.63) is 93.6 Å². The van der Waals surface area contributed by atoms with Gasteiger partial charge in [0, 0.05) is 55.6 Å². The molecule has 1 aliphatic rings. The first-order chi connectivity index (χ1) is 18.0. The maximum absolute atomic E-state index is 13.2. The molecule has 3 aromatic rings. The van der Waals surface area contributed by atoms with Crippen LogP contribution in [-0.4, -0.2) is 65.8 Å². The van der Waals surface area contributed by atoms with E-state index < -0.39 is 0 Å². The first-order valence-electron chi connectivity index (χ1n) is 12.8. The molecule has 0 atom stereocenters. The molecule has 8 heteroatoms. The highest BCUT2D eigenvalue weighted by Crippen LogP contribution is 2.28. The van der Waals surface area contributed by atoms with Gasteiger partial charge in [-0.3, -0.25) is 9.69 Å². The second kappa shape index (κ2) is 14.2. The molecule has 196 valence electrons. The quantitative estimate of drug-likeness (QED) is 0.190. The van der Waals surface area contributed by atoms with Crippen molar-refractivity contribution < 1.29 is 9.53 Å². The van der Waals surface area contributed by atoms with Gasteiger partial charge in [-0.05, 0) is 66.1 Å². The minimum Gasteiger partial charge on any atom is -0.369 e. The molecule has 0 aliphatic carbocycles. The van der Waals surface area contributed by atoms with E-state index in [0.717, 1.165) is 73.0 Å². The fraction of sp³-hybridized carbons (Fsp3) is 0.379. The average Bonchev–Trinajstić information content (AvgIpc) is 2.93. The van der Waals surface area contributed by atoms with Gasteiger partial charge in [0.2, 0.25) is 0 Å². The topological polar surface area (TPSA) is 45.7 Å². The predicted octanol–water partition coefficient (Wildman–Crippen LogP) is 6.84. The molecule has 2 aromatic carbocycles. The molecule has 5 nitrogen and oxygen atoms in total. The molecule has 2 heterocycles. The molecule has 0 spiro atoms. The third-order valence-electron chi connectivity index (χ3n) is 6.35. The van der Waals surface area contributed by atoms with Gasteiger partial charge in [0.1, 0.15) is 11.1 Å². The normalized spacial score (nSPS) is 14.3. The largest absolute Gasteiger partial charge is 0.369 e. The summed E-state index contributed by atoms with van der Waals surface area (Å²) in [7, 11) is 0. The summed E-state index contributed by atoms with van der Waals surface area (Å²) in [5, 5.41) is 2.25. The van der Waals surface area contributed by atoms with E-state index in [-0.39, 0.29) is 12.0 Å². The Labute approximate surface area is 234 Å². The number of thioether (sulfide) groups is 1. The third-order valence-corrected chi connectivity index (χ3v) is 8.07. The molecule has 0 radical (unpaired) electrons. The lowest BCUT2D eigenvalue weighted by Crippen LogP contribution is -2.49. The number of rotatable bonds is 11. The van der Waals surface area contributed by atoms with Crippen LogP contribution < -0.4 is 0 Å². The second-order valence-electron chi connectivity index (χ2n) is 9.05. The summed E-state index contributed by atoms with van der Waals surface area (Å²) in [4.78, 5) is 22.0. The number of benzene rings is 2. The molecule has 4 rings (SSSR count). The number of carbonyl (C=O) groups excluding carboxylic acids is 1. The highest BCUT2D eigenvalue weighted by molar-refractivity contribution is 7.99. The van der Waals surface area contributed by atoms with Crippen molar-refractivity contribution in [3.8, 4) is 0 Å². The number of hydrogen-bond donors (Lipinski definition) is 0. The van der Waals surface area contributed by atoms with Crippen LogP contribution in [0.4, 0.5) is 0 Å². The van der Waals surface area contributed by atoms with Crippen LogP contribution in [0.2, 0.25) is 10.0 Å². The Morgan fingerprint density at radius 2 is 1.59 bits per heavy atom. The van der Waals surface area contributed by atoms with E-state index in [1.54, 1.807) is 18.0 Å². The van der Waals surface area contributed by atoms with Crippen molar-refractivity contribution in [2.24, 2.45) is 0 Å². The molecule has 0 unspecified atom stereocenters. The van der Waals surface area contributed by atoms with Crippen molar-refractivity contribution in [1.29, 1.82) is 0 Å². The van der Waals surface area contributed by atoms with E-state index >= 15 is 0 Å². The maximum Gasteiger partial charge on any atom is 0.256 e. The van der Waals surface area contributed by atoms with E-state index in [1.807, 2.05) is 65.6 Å². The average molecular weight is 559 g/mol. The molecular weight excluding hydrogens is 525 g/mol. The smallest absolute Gasteiger partial charge is 0.256 e. The number of pyridine rings is 1. The Kier molecular flexibility index (Phi) is 10.7. The molecule has 37 heavy (non-hydrogen) atoms. The zero-order valence-corrected chi connectivity index (χ0v) is 23.4. The van der Waals surface area contributed by atoms with Gasteiger partial charge in [-0.1, -0.05) is 54.4 Å². The molecule has 1 aromatic heterocycles. The molecule has 1 aliphatic heterocycles. The Bertz CT molecular complexity index is 1090. The zero-order chi connectivity index (χ0) is 26.0. The molecule has 0 N–H and O–H groups in total. The lowest BCUT2D eigenvalue weighted by Gasteiger charge is -2.35. The number of ether oxygens (including phenoxy) is 1. The summed E-state index contributed by atoms with van der Waals surface area (Å²) < 4.78 is 6.36. The number of carbonyl (C=O) groups is 1. The lowest BCUT2D eigenvalue weighted by atomic mass is 10.0. The Hall–Kier alpha value is -2.09. The second-order valence-corrected chi connectivity index (χ2v) is 11.0. The van der Waals surface area contributed by atoms with Gasteiger partial charge in [0.05, 0.1) is 5.56 Å². The van der Waals surface area contributed by atoms with E-state index in [4.69, 9.17) is 27.9 Å². The first kappa shape index (κ1) is 27.9. The lowest BCUT2D eigenvalue weighted by molar-refractivity contribution is 0.0547. The molecule has 1 saturated heterocycles. The van der Waals surface area contributed by atoms with Crippen LogP contribution in [0.3, 0.4) is 0 Å². The highest BCUT2D eigenvalue weighted by atomic mass is 35.5. The number of hydrogen-bond acceptors (Lipinski definition) is 5. The molecule has 0 bridgehead atoms. The number of amides is 1. The molecule has 0 saturated carbocycles. The summed E-state index contributed by atoms with van der Waals surface area (Å²) >= 11 is 13.8. The van der Waals surface area contributed by atoms with Crippen molar-refractivity contribution in [2.45, 2.75) is 30.9 Å². The Morgan fingerprint density at radius 3 is 2.19 bits per heavy atom. The summed E-state index contributed by atoms with van der Waals surface area (Å²) in [6.45, 7) is 6.87. The highest BCUT2D eigenvalue weighted by Gasteiger charge is 2.24. The van der Waals surface area contributed by atoms with Crippen LogP contribution in [0.5, 0.6) is 0 Å².